The first-order chi connectivity index (χ1) is 13.4. The van der Waals surface area contributed by atoms with E-state index in [-0.39, 0.29) is 28.6 Å². The molecular formula is C20H24MnN2O6. The van der Waals surface area contributed by atoms with Crippen LogP contribution in [0.5, 0.6) is 23.0 Å². The fraction of sp³-hybridized carbons (Fsp3) is 0.250. The van der Waals surface area contributed by atoms with Crippen LogP contribution in [0.3, 0.4) is 0 Å². The molecule has 1 radical (unpaired) electrons. The minimum absolute atomic E-state index is 0. The molecule has 2 aromatic carbocycles. The van der Waals surface area contributed by atoms with E-state index in [0.29, 0.717) is 35.7 Å². The molecule has 8 nitrogen and oxygen atoms in total. The Morgan fingerprint density at radius 2 is 1.24 bits per heavy atom. The largest absolute Gasteiger partial charge is 0.504 e. The first-order valence-electron chi connectivity index (χ1n) is 8.31. The molecule has 157 valence electrons. The number of ether oxygens (including phenoxy) is 2. The normalized spacial score (nSPS) is 10.2. The van der Waals surface area contributed by atoms with Gasteiger partial charge in [-0.3, -0.25) is 14.8 Å². The summed E-state index contributed by atoms with van der Waals surface area (Å²) >= 11 is 0. The maximum atomic E-state index is 9.93. The van der Waals surface area contributed by atoms with Gasteiger partial charge in [0.15, 0.2) is 23.0 Å². The van der Waals surface area contributed by atoms with Gasteiger partial charge in [0.25, 0.3) is 5.97 Å². The number of rotatable bonds is 7. The molecule has 0 heterocycles. The molecule has 0 bridgehead atoms. The van der Waals surface area contributed by atoms with Gasteiger partial charge in [0.2, 0.25) is 0 Å². The molecule has 0 aliphatic heterocycles. The Balaban J connectivity index is 0.00000143. The Bertz CT molecular complexity index is 772. The van der Waals surface area contributed by atoms with Crippen LogP contribution in [0.25, 0.3) is 0 Å². The SMILES string of the molecule is CC(=O)O.COc1cccc(C=NCCN=Cc2cccc(OC)c2O)c1O.[Mn]. The molecule has 29 heavy (non-hydrogen) atoms. The van der Waals surface area contributed by atoms with Crippen molar-refractivity contribution in [3.05, 3.63) is 47.5 Å². The third-order valence-electron chi connectivity index (χ3n) is 3.32. The summed E-state index contributed by atoms with van der Waals surface area (Å²) in [5.74, 6) is 0.109. The first kappa shape index (κ1) is 26.0. The zero-order valence-electron chi connectivity index (χ0n) is 16.4. The van der Waals surface area contributed by atoms with Crippen LogP contribution in [-0.4, -0.2) is 61.0 Å². The van der Waals surface area contributed by atoms with E-state index in [1.165, 1.54) is 14.2 Å². The molecule has 0 aliphatic carbocycles. The molecule has 2 aromatic rings. The second kappa shape index (κ2) is 14.0. The zero-order chi connectivity index (χ0) is 20.9. The molecule has 0 aromatic heterocycles. The Morgan fingerprint density at radius 3 is 1.55 bits per heavy atom. The van der Waals surface area contributed by atoms with Crippen molar-refractivity contribution < 1.29 is 46.7 Å². The summed E-state index contributed by atoms with van der Waals surface area (Å²) in [5.41, 5.74) is 1.17. The fourth-order valence-corrected chi connectivity index (χ4v) is 2.06. The molecule has 3 N–H and O–H groups in total. The summed E-state index contributed by atoms with van der Waals surface area (Å²) in [6, 6.07) is 10.4. The van der Waals surface area contributed by atoms with E-state index in [4.69, 9.17) is 19.4 Å². The average Bonchev–Trinajstić information content (AvgIpc) is 2.66. The number of carboxylic acid groups (broad SMARTS) is 1. The minimum Gasteiger partial charge on any atom is -0.504 e. The molecule has 0 unspecified atom stereocenters. The van der Waals surface area contributed by atoms with Crippen LogP contribution < -0.4 is 9.47 Å². The van der Waals surface area contributed by atoms with E-state index < -0.39 is 5.97 Å². The van der Waals surface area contributed by atoms with Gasteiger partial charge in [0, 0.05) is 47.5 Å². The maximum absolute atomic E-state index is 9.93. The van der Waals surface area contributed by atoms with Crippen molar-refractivity contribution >= 4 is 18.4 Å². The van der Waals surface area contributed by atoms with Crippen LogP contribution in [0.4, 0.5) is 0 Å². The summed E-state index contributed by atoms with van der Waals surface area (Å²) in [5, 5.41) is 27.3. The molecule has 0 saturated carbocycles. The van der Waals surface area contributed by atoms with Gasteiger partial charge in [0.05, 0.1) is 27.3 Å². The molecular weight excluding hydrogens is 419 g/mol. The maximum Gasteiger partial charge on any atom is 0.300 e. The number of para-hydroxylation sites is 2. The second-order valence-electron chi connectivity index (χ2n) is 5.39. The van der Waals surface area contributed by atoms with Gasteiger partial charge >= 0.3 is 0 Å². The van der Waals surface area contributed by atoms with Gasteiger partial charge in [-0.2, -0.15) is 0 Å². The molecule has 0 spiro atoms. The monoisotopic (exact) mass is 443 g/mol. The van der Waals surface area contributed by atoms with Crippen LogP contribution in [0.1, 0.15) is 18.1 Å². The standard InChI is InChI=1S/C18H20N2O4.C2H4O2.Mn/c1-23-15-7-3-5-13(17(15)21)11-19-9-10-20-12-14-6-4-8-16(24-2)18(14)22;1-2(3)4;/h3-8,11-12,21-22H,9-10H2,1-2H3;1H3,(H,3,4);. The Morgan fingerprint density at radius 1 is 0.897 bits per heavy atom. The molecule has 0 saturated heterocycles. The number of phenolic OH excluding ortho intramolecular Hbond substituents is 2. The smallest absolute Gasteiger partial charge is 0.300 e. The third-order valence-corrected chi connectivity index (χ3v) is 3.32. The summed E-state index contributed by atoms with van der Waals surface area (Å²) in [6.45, 7) is 2.00. The van der Waals surface area contributed by atoms with Crippen molar-refractivity contribution in [2.45, 2.75) is 6.92 Å². The summed E-state index contributed by atoms with van der Waals surface area (Å²) in [4.78, 5) is 17.4. The van der Waals surface area contributed by atoms with Gasteiger partial charge in [0.1, 0.15) is 0 Å². The Kier molecular flexibility index (Phi) is 12.6. The van der Waals surface area contributed by atoms with Gasteiger partial charge < -0.3 is 24.8 Å². The van der Waals surface area contributed by atoms with Crippen molar-refractivity contribution in [3.63, 3.8) is 0 Å². The molecule has 9 heteroatoms. The number of nitrogens with zero attached hydrogens (tertiary/aromatic N) is 2. The van der Waals surface area contributed by atoms with Crippen molar-refractivity contribution in [1.29, 1.82) is 0 Å². The number of aromatic hydroxyl groups is 2. The third kappa shape index (κ3) is 9.14. The predicted molar refractivity (Wildman–Crippen MR) is 108 cm³/mol. The first-order valence-corrected chi connectivity index (χ1v) is 8.31. The number of carboxylic acids is 1. The van der Waals surface area contributed by atoms with Crippen LogP contribution in [0.15, 0.2) is 46.4 Å². The number of methoxy groups -OCH3 is 2. The number of benzene rings is 2. The van der Waals surface area contributed by atoms with Gasteiger partial charge in [-0.1, -0.05) is 12.1 Å². The number of hydrogen-bond acceptors (Lipinski definition) is 7. The Hall–Kier alpha value is -3.03. The Labute approximate surface area is 180 Å². The van der Waals surface area contributed by atoms with Crippen LogP contribution in [-0.2, 0) is 21.9 Å². The van der Waals surface area contributed by atoms with Crippen molar-refractivity contribution in [1.82, 2.24) is 0 Å². The summed E-state index contributed by atoms with van der Waals surface area (Å²) < 4.78 is 10.1. The number of aliphatic carboxylic acids is 1. The van der Waals surface area contributed by atoms with E-state index in [1.54, 1.807) is 48.8 Å². The molecule has 0 aliphatic rings. The predicted octanol–water partition coefficient (Wildman–Crippen LogP) is 2.74. The molecule has 0 atom stereocenters. The van der Waals surface area contributed by atoms with E-state index >= 15 is 0 Å². The second-order valence-corrected chi connectivity index (χ2v) is 5.39. The van der Waals surface area contributed by atoms with Crippen molar-refractivity contribution in [2.24, 2.45) is 9.98 Å². The van der Waals surface area contributed by atoms with Crippen molar-refractivity contribution in [3.8, 4) is 23.0 Å². The van der Waals surface area contributed by atoms with Crippen LogP contribution in [0, 0.1) is 0 Å². The number of hydrogen-bond donors (Lipinski definition) is 3. The van der Waals surface area contributed by atoms with E-state index in [9.17, 15) is 10.2 Å². The average molecular weight is 443 g/mol. The minimum atomic E-state index is -0.833. The molecule has 2 rings (SSSR count). The number of phenols is 2. The molecule has 0 fully saturated rings. The summed E-state index contributed by atoms with van der Waals surface area (Å²) in [6.07, 6.45) is 3.16. The van der Waals surface area contributed by atoms with E-state index in [2.05, 4.69) is 9.98 Å². The van der Waals surface area contributed by atoms with E-state index in [1.807, 2.05) is 0 Å². The number of aliphatic imine (C=N–C) groups is 2. The van der Waals surface area contributed by atoms with Crippen LogP contribution >= 0.6 is 0 Å². The van der Waals surface area contributed by atoms with Gasteiger partial charge in [-0.05, 0) is 24.3 Å². The van der Waals surface area contributed by atoms with Gasteiger partial charge in [-0.25, -0.2) is 0 Å². The number of carbonyl (C=O) groups is 1. The topological polar surface area (TPSA) is 121 Å². The molecule has 0 amide bonds. The zero-order valence-corrected chi connectivity index (χ0v) is 17.6. The van der Waals surface area contributed by atoms with E-state index in [0.717, 1.165) is 6.92 Å². The fourth-order valence-electron chi connectivity index (χ4n) is 2.06. The summed E-state index contributed by atoms with van der Waals surface area (Å²) in [7, 11) is 3.00. The van der Waals surface area contributed by atoms with Gasteiger partial charge in [-0.15, -0.1) is 0 Å². The van der Waals surface area contributed by atoms with Crippen molar-refractivity contribution in [2.75, 3.05) is 27.3 Å². The van der Waals surface area contributed by atoms with Crippen LogP contribution in [0.2, 0.25) is 0 Å². The quantitative estimate of drug-likeness (QED) is 0.344.